The Morgan fingerprint density at radius 1 is 1.38 bits per heavy atom. The second-order valence-electron chi connectivity index (χ2n) is 6.25. The SMILES string of the molecule is N#CN1[C@H]2CC[C@@H]1[C@H](NC(=O)c1ccn(-c3cccc(Cl)c3)n1)C2. The molecule has 2 aromatic rings. The number of hydrogen-bond donors (Lipinski definition) is 1. The molecule has 2 bridgehead atoms. The van der Waals surface area contributed by atoms with Gasteiger partial charge in [-0.15, -0.1) is 0 Å². The third kappa shape index (κ3) is 2.51. The quantitative estimate of drug-likeness (QED) is 0.870. The molecule has 24 heavy (non-hydrogen) atoms. The summed E-state index contributed by atoms with van der Waals surface area (Å²) in [6.45, 7) is 0. The second-order valence-corrected chi connectivity index (χ2v) is 6.68. The topological polar surface area (TPSA) is 74.0 Å². The molecule has 1 aromatic heterocycles. The summed E-state index contributed by atoms with van der Waals surface area (Å²) in [5, 5.41) is 17.2. The molecule has 0 saturated carbocycles. The Bertz CT molecular complexity index is 826. The van der Waals surface area contributed by atoms with Gasteiger partial charge in [-0.25, -0.2) is 4.68 Å². The number of nitriles is 1. The Morgan fingerprint density at radius 2 is 2.25 bits per heavy atom. The van der Waals surface area contributed by atoms with E-state index >= 15 is 0 Å². The fraction of sp³-hybridized carbons (Fsp3) is 0.353. The number of benzene rings is 1. The van der Waals surface area contributed by atoms with Gasteiger partial charge >= 0.3 is 0 Å². The van der Waals surface area contributed by atoms with Gasteiger partial charge in [-0.3, -0.25) is 4.79 Å². The molecule has 0 radical (unpaired) electrons. The molecule has 2 fully saturated rings. The third-order valence-corrected chi connectivity index (χ3v) is 5.10. The van der Waals surface area contributed by atoms with E-state index in [1.807, 2.05) is 17.0 Å². The first-order chi connectivity index (χ1) is 11.7. The fourth-order valence-electron chi connectivity index (χ4n) is 3.75. The van der Waals surface area contributed by atoms with Gasteiger partial charge in [-0.2, -0.15) is 10.4 Å². The Kier molecular flexibility index (Phi) is 3.66. The number of nitrogens with zero attached hydrogens (tertiary/aromatic N) is 4. The molecule has 1 N–H and O–H groups in total. The van der Waals surface area contributed by atoms with Crippen molar-refractivity contribution >= 4 is 17.5 Å². The predicted molar refractivity (Wildman–Crippen MR) is 88.7 cm³/mol. The Morgan fingerprint density at radius 3 is 3.00 bits per heavy atom. The molecule has 2 aliphatic rings. The zero-order chi connectivity index (χ0) is 16.7. The van der Waals surface area contributed by atoms with Crippen LogP contribution in [-0.4, -0.2) is 38.7 Å². The Hall–Kier alpha value is -2.52. The van der Waals surface area contributed by atoms with Crippen LogP contribution < -0.4 is 5.32 Å². The Labute approximate surface area is 144 Å². The molecule has 3 heterocycles. The number of carbonyl (C=O) groups excluding carboxylic acids is 1. The van der Waals surface area contributed by atoms with E-state index in [-0.39, 0.29) is 24.0 Å². The maximum atomic E-state index is 12.5. The molecule has 122 valence electrons. The molecule has 2 aliphatic heterocycles. The maximum absolute atomic E-state index is 12.5. The van der Waals surface area contributed by atoms with Gasteiger partial charge in [0.15, 0.2) is 11.9 Å². The average Bonchev–Trinajstić information content (AvgIpc) is 3.28. The fourth-order valence-corrected chi connectivity index (χ4v) is 3.93. The van der Waals surface area contributed by atoms with Crippen LogP contribution in [0, 0.1) is 11.5 Å². The van der Waals surface area contributed by atoms with E-state index in [2.05, 4.69) is 16.6 Å². The van der Waals surface area contributed by atoms with E-state index in [9.17, 15) is 10.1 Å². The minimum absolute atomic E-state index is 0.0206. The second kappa shape index (κ2) is 5.84. The zero-order valence-electron chi connectivity index (χ0n) is 12.9. The third-order valence-electron chi connectivity index (χ3n) is 4.86. The average molecular weight is 342 g/mol. The number of hydrogen-bond acceptors (Lipinski definition) is 4. The summed E-state index contributed by atoms with van der Waals surface area (Å²) in [5.41, 5.74) is 1.17. The molecule has 3 atom stereocenters. The van der Waals surface area contributed by atoms with Gasteiger partial charge in [0.05, 0.1) is 17.8 Å². The van der Waals surface area contributed by atoms with Crippen molar-refractivity contribution in [2.45, 2.75) is 37.4 Å². The lowest BCUT2D eigenvalue weighted by Gasteiger charge is -2.21. The molecule has 1 aromatic carbocycles. The van der Waals surface area contributed by atoms with Crippen molar-refractivity contribution in [3.63, 3.8) is 0 Å². The lowest BCUT2D eigenvalue weighted by atomic mass is 9.95. The molecule has 4 rings (SSSR count). The number of aromatic nitrogens is 2. The monoisotopic (exact) mass is 341 g/mol. The molecule has 0 spiro atoms. The van der Waals surface area contributed by atoms with Gasteiger partial charge in [0.25, 0.3) is 5.91 Å². The van der Waals surface area contributed by atoms with Gasteiger partial charge in [-0.05, 0) is 43.5 Å². The highest BCUT2D eigenvalue weighted by molar-refractivity contribution is 6.30. The highest BCUT2D eigenvalue weighted by Crippen LogP contribution is 2.37. The molecular formula is C17H16ClN5O. The van der Waals surface area contributed by atoms with Crippen molar-refractivity contribution in [2.75, 3.05) is 0 Å². The summed E-state index contributed by atoms with van der Waals surface area (Å²) in [6.07, 6.45) is 6.82. The highest BCUT2D eigenvalue weighted by Gasteiger charge is 2.46. The van der Waals surface area contributed by atoms with Gasteiger partial charge in [0.2, 0.25) is 0 Å². The smallest absolute Gasteiger partial charge is 0.272 e. The summed E-state index contributed by atoms with van der Waals surface area (Å²) >= 11 is 5.99. The lowest BCUT2D eigenvalue weighted by molar-refractivity contribution is 0.0923. The van der Waals surface area contributed by atoms with Crippen LogP contribution in [-0.2, 0) is 0 Å². The number of carbonyl (C=O) groups is 1. The van der Waals surface area contributed by atoms with Crippen LogP contribution in [0.1, 0.15) is 29.8 Å². The van der Waals surface area contributed by atoms with Crippen LogP contribution in [0.15, 0.2) is 36.5 Å². The van der Waals surface area contributed by atoms with E-state index in [4.69, 9.17) is 11.6 Å². The van der Waals surface area contributed by atoms with Crippen LogP contribution in [0.3, 0.4) is 0 Å². The first-order valence-corrected chi connectivity index (χ1v) is 8.34. The van der Waals surface area contributed by atoms with E-state index in [1.54, 1.807) is 29.1 Å². The van der Waals surface area contributed by atoms with Crippen molar-refractivity contribution in [3.8, 4) is 11.9 Å². The van der Waals surface area contributed by atoms with Gasteiger partial charge in [-0.1, -0.05) is 17.7 Å². The van der Waals surface area contributed by atoms with Crippen molar-refractivity contribution in [3.05, 3.63) is 47.2 Å². The van der Waals surface area contributed by atoms with E-state index in [0.29, 0.717) is 10.7 Å². The minimum atomic E-state index is -0.203. The van der Waals surface area contributed by atoms with Crippen LogP contribution in [0.4, 0.5) is 0 Å². The largest absolute Gasteiger partial charge is 0.346 e. The van der Waals surface area contributed by atoms with Crippen LogP contribution in [0.5, 0.6) is 0 Å². The Balaban J connectivity index is 1.48. The lowest BCUT2D eigenvalue weighted by Crippen LogP contribution is -2.43. The van der Waals surface area contributed by atoms with E-state index in [1.165, 1.54) is 0 Å². The molecule has 0 aliphatic carbocycles. The number of amides is 1. The highest BCUT2D eigenvalue weighted by atomic mass is 35.5. The summed E-state index contributed by atoms with van der Waals surface area (Å²) in [6, 6.07) is 9.40. The summed E-state index contributed by atoms with van der Waals surface area (Å²) < 4.78 is 1.63. The van der Waals surface area contributed by atoms with Crippen molar-refractivity contribution in [1.82, 2.24) is 20.0 Å². The molecule has 6 nitrogen and oxygen atoms in total. The molecule has 0 unspecified atom stereocenters. The minimum Gasteiger partial charge on any atom is -0.346 e. The predicted octanol–water partition coefficient (Wildman–Crippen LogP) is 2.34. The zero-order valence-corrected chi connectivity index (χ0v) is 13.6. The number of fused-ring (bicyclic) bond motifs is 2. The van der Waals surface area contributed by atoms with Crippen molar-refractivity contribution in [1.29, 1.82) is 5.26 Å². The first-order valence-electron chi connectivity index (χ1n) is 7.96. The van der Waals surface area contributed by atoms with Gasteiger partial charge in [0.1, 0.15) is 0 Å². The molecule has 7 heteroatoms. The standard InChI is InChI=1S/C17H16ClN5O/c18-11-2-1-3-13(8-11)23-7-6-14(21-23)17(24)20-15-9-12-4-5-16(15)22(12)10-19/h1-3,6-8,12,15-16H,4-5,9H2,(H,20,24)/t12-,15+,16+/m0/s1. The normalized spacial score (nSPS) is 24.8. The van der Waals surface area contributed by atoms with Gasteiger partial charge < -0.3 is 10.2 Å². The summed E-state index contributed by atoms with van der Waals surface area (Å²) in [5.74, 6) is -0.203. The first kappa shape index (κ1) is 15.0. The van der Waals surface area contributed by atoms with Crippen molar-refractivity contribution < 1.29 is 4.79 Å². The summed E-state index contributed by atoms with van der Waals surface area (Å²) in [7, 11) is 0. The van der Waals surface area contributed by atoms with Crippen LogP contribution in [0.2, 0.25) is 5.02 Å². The summed E-state index contributed by atoms with van der Waals surface area (Å²) in [4.78, 5) is 14.3. The van der Waals surface area contributed by atoms with Gasteiger partial charge in [0, 0.05) is 17.3 Å². The molecule has 2 saturated heterocycles. The van der Waals surface area contributed by atoms with E-state index < -0.39 is 0 Å². The number of halogens is 1. The molecular weight excluding hydrogens is 326 g/mol. The number of nitrogens with one attached hydrogen (secondary N) is 1. The van der Waals surface area contributed by atoms with Crippen molar-refractivity contribution in [2.24, 2.45) is 0 Å². The van der Waals surface area contributed by atoms with E-state index in [0.717, 1.165) is 24.9 Å². The molecule has 1 amide bonds. The number of rotatable bonds is 3. The van der Waals surface area contributed by atoms with Crippen LogP contribution >= 0.6 is 11.6 Å². The van der Waals surface area contributed by atoms with Crippen LogP contribution in [0.25, 0.3) is 5.69 Å². The maximum Gasteiger partial charge on any atom is 0.272 e.